The third kappa shape index (κ3) is 2.94. The average molecular weight is 207 g/mol. The molecule has 0 amide bonds. The summed E-state index contributed by atoms with van der Waals surface area (Å²) in [5.41, 5.74) is 1.17. The maximum atomic E-state index is 5.71. The second-order valence-electron chi connectivity index (χ2n) is 3.77. The molecule has 1 saturated heterocycles. The first-order valence-corrected chi connectivity index (χ1v) is 5.37. The quantitative estimate of drug-likeness (QED) is 0.812. The Morgan fingerprint density at radius 2 is 2.33 bits per heavy atom. The van der Waals surface area contributed by atoms with Gasteiger partial charge in [-0.25, -0.2) is 0 Å². The Hall–Kier alpha value is -1.06. The maximum Gasteiger partial charge on any atom is 0.122 e. The van der Waals surface area contributed by atoms with Crippen molar-refractivity contribution in [2.45, 2.75) is 13.0 Å². The highest BCUT2D eigenvalue weighted by atomic mass is 16.5. The molecule has 1 aromatic rings. The van der Waals surface area contributed by atoms with E-state index in [0.29, 0.717) is 6.61 Å². The van der Waals surface area contributed by atoms with Gasteiger partial charge in [0.15, 0.2) is 0 Å². The molecule has 1 unspecified atom stereocenters. The smallest absolute Gasteiger partial charge is 0.122 e. The molecule has 0 spiro atoms. The van der Waals surface area contributed by atoms with Crippen molar-refractivity contribution in [2.75, 3.05) is 26.3 Å². The number of para-hydroxylation sites is 1. The molecular weight excluding hydrogens is 190 g/mol. The summed E-state index contributed by atoms with van der Waals surface area (Å²) < 4.78 is 11.3. The lowest BCUT2D eigenvalue weighted by Crippen LogP contribution is -2.41. The number of benzene rings is 1. The van der Waals surface area contributed by atoms with E-state index >= 15 is 0 Å². The molecule has 1 aliphatic rings. The van der Waals surface area contributed by atoms with Crippen LogP contribution in [0.4, 0.5) is 0 Å². The van der Waals surface area contributed by atoms with E-state index in [-0.39, 0.29) is 6.10 Å². The second-order valence-corrected chi connectivity index (χ2v) is 3.77. The Morgan fingerprint density at radius 3 is 3.07 bits per heavy atom. The Kier molecular flexibility index (Phi) is 3.59. The lowest BCUT2D eigenvalue weighted by Gasteiger charge is -2.23. The maximum absolute atomic E-state index is 5.71. The second kappa shape index (κ2) is 5.14. The molecule has 1 atom stereocenters. The van der Waals surface area contributed by atoms with Gasteiger partial charge in [0.25, 0.3) is 0 Å². The molecular formula is C12H17NO2. The van der Waals surface area contributed by atoms with Crippen molar-refractivity contribution >= 4 is 0 Å². The van der Waals surface area contributed by atoms with Gasteiger partial charge in [0.2, 0.25) is 0 Å². The minimum absolute atomic E-state index is 0.179. The van der Waals surface area contributed by atoms with Crippen molar-refractivity contribution in [1.29, 1.82) is 0 Å². The molecule has 2 rings (SSSR count). The van der Waals surface area contributed by atoms with Gasteiger partial charge in [0, 0.05) is 13.1 Å². The highest BCUT2D eigenvalue weighted by molar-refractivity contribution is 5.31. The highest BCUT2D eigenvalue weighted by Crippen LogP contribution is 2.16. The first-order chi connectivity index (χ1) is 7.36. The minimum Gasteiger partial charge on any atom is -0.491 e. The number of ether oxygens (including phenoxy) is 2. The molecule has 0 radical (unpaired) electrons. The first kappa shape index (κ1) is 10.5. The molecule has 82 valence electrons. The predicted molar refractivity (Wildman–Crippen MR) is 59.3 cm³/mol. The standard InChI is InChI=1S/C12H17NO2/c1-10-4-2-3-5-12(10)15-9-11-8-13-6-7-14-11/h2-5,11,13H,6-9H2,1H3. The number of rotatable bonds is 3. The van der Waals surface area contributed by atoms with Crippen molar-refractivity contribution < 1.29 is 9.47 Å². The summed E-state index contributed by atoms with van der Waals surface area (Å²) in [6.45, 7) is 5.28. The van der Waals surface area contributed by atoms with Crippen LogP contribution in [0.15, 0.2) is 24.3 Å². The molecule has 3 heteroatoms. The van der Waals surface area contributed by atoms with Crippen LogP contribution in [-0.4, -0.2) is 32.4 Å². The SMILES string of the molecule is Cc1ccccc1OCC1CNCCO1. The molecule has 0 bridgehead atoms. The van der Waals surface area contributed by atoms with E-state index in [0.717, 1.165) is 25.4 Å². The predicted octanol–water partition coefficient (Wildman–Crippen LogP) is 1.36. The van der Waals surface area contributed by atoms with E-state index in [9.17, 15) is 0 Å². The molecule has 3 nitrogen and oxygen atoms in total. The van der Waals surface area contributed by atoms with Crippen molar-refractivity contribution in [3.63, 3.8) is 0 Å². The van der Waals surface area contributed by atoms with Crippen molar-refractivity contribution in [1.82, 2.24) is 5.32 Å². The molecule has 1 heterocycles. The Morgan fingerprint density at radius 1 is 1.47 bits per heavy atom. The van der Waals surface area contributed by atoms with Crippen molar-refractivity contribution in [3.8, 4) is 5.75 Å². The fraction of sp³-hybridized carbons (Fsp3) is 0.500. The van der Waals surface area contributed by atoms with E-state index in [1.807, 2.05) is 18.2 Å². The van der Waals surface area contributed by atoms with E-state index in [1.54, 1.807) is 0 Å². The van der Waals surface area contributed by atoms with Crippen LogP contribution in [0.3, 0.4) is 0 Å². The van der Waals surface area contributed by atoms with Gasteiger partial charge in [-0.15, -0.1) is 0 Å². The first-order valence-electron chi connectivity index (χ1n) is 5.37. The van der Waals surface area contributed by atoms with Crippen LogP contribution in [-0.2, 0) is 4.74 Å². The molecule has 0 saturated carbocycles. The minimum atomic E-state index is 0.179. The van der Waals surface area contributed by atoms with Crippen LogP contribution in [0.5, 0.6) is 5.75 Å². The summed E-state index contributed by atoms with van der Waals surface area (Å²) in [6, 6.07) is 8.05. The lowest BCUT2D eigenvalue weighted by molar-refractivity contribution is 0.0000675. The number of hydrogen-bond donors (Lipinski definition) is 1. The number of nitrogens with one attached hydrogen (secondary N) is 1. The van der Waals surface area contributed by atoms with E-state index in [4.69, 9.17) is 9.47 Å². The monoisotopic (exact) mass is 207 g/mol. The van der Waals surface area contributed by atoms with Crippen LogP contribution in [0.2, 0.25) is 0 Å². The Balaban J connectivity index is 1.84. The summed E-state index contributed by atoms with van der Waals surface area (Å²) in [6.07, 6.45) is 0.179. The third-order valence-corrected chi connectivity index (χ3v) is 2.52. The van der Waals surface area contributed by atoms with E-state index in [1.165, 1.54) is 5.56 Å². The molecule has 0 aliphatic carbocycles. The average Bonchev–Trinajstić information content (AvgIpc) is 2.29. The van der Waals surface area contributed by atoms with Crippen molar-refractivity contribution in [3.05, 3.63) is 29.8 Å². The molecule has 1 aromatic carbocycles. The number of morpholine rings is 1. The van der Waals surface area contributed by atoms with E-state index < -0.39 is 0 Å². The zero-order valence-corrected chi connectivity index (χ0v) is 9.03. The van der Waals surface area contributed by atoms with Gasteiger partial charge in [-0.2, -0.15) is 0 Å². The molecule has 1 N–H and O–H groups in total. The van der Waals surface area contributed by atoms with Gasteiger partial charge in [0.05, 0.1) is 6.61 Å². The van der Waals surface area contributed by atoms with Gasteiger partial charge >= 0.3 is 0 Å². The van der Waals surface area contributed by atoms with Crippen molar-refractivity contribution in [2.24, 2.45) is 0 Å². The van der Waals surface area contributed by atoms with Gasteiger partial charge in [0.1, 0.15) is 18.5 Å². The molecule has 1 aliphatic heterocycles. The van der Waals surface area contributed by atoms with E-state index in [2.05, 4.69) is 18.3 Å². The van der Waals surface area contributed by atoms with Crippen LogP contribution in [0, 0.1) is 6.92 Å². The normalized spacial score (nSPS) is 21.3. The fourth-order valence-corrected chi connectivity index (χ4v) is 1.63. The number of aryl methyl sites for hydroxylation is 1. The highest BCUT2D eigenvalue weighted by Gasteiger charge is 2.13. The van der Waals surface area contributed by atoms with Crippen LogP contribution >= 0.6 is 0 Å². The Bertz CT molecular complexity index is 308. The van der Waals surface area contributed by atoms with Crippen LogP contribution in [0.1, 0.15) is 5.56 Å². The molecule has 15 heavy (non-hydrogen) atoms. The Labute approximate surface area is 90.4 Å². The topological polar surface area (TPSA) is 30.5 Å². The molecule has 0 aromatic heterocycles. The van der Waals surface area contributed by atoms with Gasteiger partial charge in [-0.1, -0.05) is 18.2 Å². The van der Waals surface area contributed by atoms with Gasteiger partial charge < -0.3 is 14.8 Å². The van der Waals surface area contributed by atoms with Crippen LogP contribution < -0.4 is 10.1 Å². The van der Waals surface area contributed by atoms with Crippen LogP contribution in [0.25, 0.3) is 0 Å². The van der Waals surface area contributed by atoms with Gasteiger partial charge in [-0.3, -0.25) is 0 Å². The lowest BCUT2D eigenvalue weighted by atomic mass is 10.2. The largest absolute Gasteiger partial charge is 0.491 e. The summed E-state index contributed by atoms with van der Waals surface area (Å²) in [4.78, 5) is 0. The fourth-order valence-electron chi connectivity index (χ4n) is 1.63. The van der Waals surface area contributed by atoms with Gasteiger partial charge in [-0.05, 0) is 18.6 Å². The summed E-state index contributed by atoms with van der Waals surface area (Å²) in [5.74, 6) is 0.951. The summed E-state index contributed by atoms with van der Waals surface area (Å²) in [5, 5.41) is 3.28. The number of hydrogen-bond acceptors (Lipinski definition) is 3. The zero-order valence-electron chi connectivity index (χ0n) is 9.03. The summed E-state index contributed by atoms with van der Waals surface area (Å²) >= 11 is 0. The zero-order chi connectivity index (χ0) is 10.5. The third-order valence-electron chi connectivity index (χ3n) is 2.52. The molecule has 1 fully saturated rings. The summed E-state index contributed by atoms with van der Waals surface area (Å²) in [7, 11) is 0.